The molecule has 0 radical (unpaired) electrons. The number of rotatable bonds is 5. The van der Waals surface area contributed by atoms with Crippen LogP contribution in [0.4, 0.5) is 30.2 Å². The lowest BCUT2D eigenvalue weighted by molar-refractivity contribution is -0.384. The summed E-state index contributed by atoms with van der Waals surface area (Å²) in [7, 11) is 0. The molecule has 7 nitrogen and oxygen atoms in total. The normalized spacial score (nSPS) is 11.5. The molecular formula is C12H10ClF3N4O3. The van der Waals surface area contributed by atoms with Gasteiger partial charge in [0.2, 0.25) is 0 Å². The molecule has 0 atom stereocenters. The lowest BCUT2D eigenvalue weighted by atomic mass is 10.1. The Kier molecular flexibility index (Phi) is 4.76. The Hall–Kier alpha value is -2.33. The van der Waals surface area contributed by atoms with Crippen molar-refractivity contribution in [2.45, 2.75) is 12.7 Å². The summed E-state index contributed by atoms with van der Waals surface area (Å²) in [6.45, 7) is 0.0465. The zero-order valence-corrected chi connectivity index (χ0v) is 12.1. The van der Waals surface area contributed by atoms with Gasteiger partial charge in [-0.2, -0.15) is 18.3 Å². The van der Waals surface area contributed by atoms with Crippen LogP contribution in [0.3, 0.4) is 0 Å². The highest BCUT2D eigenvalue weighted by Gasteiger charge is 2.36. The van der Waals surface area contributed by atoms with Crippen LogP contribution in [0.1, 0.15) is 5.56 Å². The first-order chi connectivity index (χ1) is 10.7. The Morgan fingerprint density at radius 1 is 1.43 bits per heavy atom. The van der Waals surface area contributed by atoms with Gasteiger partial charge in [0.05, 0.1) is 40.5 Å². The SMILES string of the molecule is O=[N+]([O-])c1cc(C(F)(F)F)c(Cl)cc1Nc1cnn(CCO)c1. The van der Waals surface area contributed by atoms with E-state index in [1.165, 1.54) is 17.1 Å². The summed E-state index contributed by atoms with van der Waals surface area (Å²) in [6.07, 6.45) is -2.05. The van der Waals surface area contributed by atoms with Crippen molar-refractivity contribution in [3.8, 4) is 0 Å². The molecular weight excluding hydrogens is 341 g/mol. The van der Waals surface area contributed by atoms with Crippen molar-refractivity contribution in [1.82, 2.24) is 9.78 Å². The Morgan fingerprint density at radius 2 is 2.13 bits per heavy atom. The Balaban J connectivity index is 2.40. The maximum absolute atomic E-state index is 12.8. The van der Waals surface area contributed by atoms with E-state index in [0.717, 1.165) is 6.07 Å². The second kappa shape index (κ2) is 6.42. The summed E-state index contributed by atoms with van der Waals surface area (Å²) >= 11 is 5.58. The summed E-state index contributed by atoms with van der Waals surface area (Å²) < 4.78 is 39.7. The Bertz CT molecular complexity index is 733. The molecule has 0 saturated heterocycles. The van der Waals surface area contributed by atoms with E-state index in [0.29, 0.717) is 11.8 Å². The van der Waals surface area contributed by atoms with Gasteiger partial charge in [0.25, 0.3) is 5.69 Å². The molecule has 2 aromatic rings. The monoisotopic (exact) mass is 350 g/mol. The van der Waals surface area contributed by atoms with Crippen LogP contribution in [0.15, 0.2) is 24.5 Å². The van der Waals surface area contributed by atoms with E-state index in [4.69, 9.17) is 16.7 Å². The van der Waals surface area contributed by atoms with Crippen molar-refractivity contribution in [1.29, 1.82) is 0 Å². The third-order valence-corrected chi connectivity index (χ3v) is 3.14. The number of hydrogen-bond acceptors (Lipinski definition) is 5. The number of benzene rings is 1. The molecule has 124 valence electrons. The third-order valence-electron chi connectivity index (χ3n) is 2.83. The average molecular weight is 351 g/mol. The van der Waals surface area contributed by atoms with Gasteiger partial charge in [0, 0.05) is 12.3 Å². The molecule has 0 bridgehead atoms. The number of aliphatic hydroxyl groups excluding tert-OH is 1. The number of aromatic nitrogens is 2. The van der Waals surface area contributed by atoms with E-state index in [1.54, 1.807) is 0 Å². The highest BCUT2D eigenvalue weighted by atomic mass is 35.5. The van der Waals surface area contributed by atoms with Crippen molar-refractivity contribution in [3.05, 3.63) is 45.2 Å². The van der Waals surface area contributed by atoms with E-state index < -0.39 is 27.4 Å². The van der Waals surface area contributed by atoms with E-state index in [1.807, 2.05) is 0 Å². The van der Waals surface area contributed by atoms with Gasteiger partial charge in [-0.25, -0.2) is 0 Å². The molecule has 1 aromatic heterocycles. The van der Waals surface area contributed by atoms with Crippen molar-refractivity contribution in [3.63, 3.8) is 0 Å². The predicted octanol–water partition coefficient (Wildman–Crippen LogP) is 3.20. The smallest absolute Gasteiger partial charge is 0.394 e. The summed E-state index contributed by atoms with van der Waals surface area (Å²) in [5.74, 6) is 0. The van der Waals surface area contributed by atoms with Gasteiger partial charge in [0.1, 0.15) is 5.69 Å². The Morgan fingerprint density at radius 3 is 2.70 bits per heavy atom. The highest BCUT2D eigenvalue weighted by Crippen LogP contribution is 2.40. The lowest BCUT2D eigenvalue weighted by Gasteiger charge is -2.11. The van der Waals surface area contributed by atoms with Crippen LogP contribution in [0.25, 0.3) is 0 Å². The van der Waals surface area contributed by atoms with Crippen LogP contribution in [0.5, 0.6) is 0 Å². The minimum Gasteiger partial charge on any atom is -0.394 e. The maximum Gasteiger partial charge on any atom is 0.418 e. The van der Waals surface area contributed by atoms with Crippen molar-refractivity contribution < 1.29 is 23.2 Å². The molecule has 0 fully saturated rings. The number of anilines is 2. The second-order valence-corrected chi connectivity index (χ2v) is 4.85. The zero-order chi connectivity index (χ0) is 17.2. The van der Waals surface area contributed by atoms with Crippen LogP contribution in [0, 0.1) is 10.1 Å². The van der Waals surface area contributed by atoms with E-state index >= 15 is 0 Å². The highest BCUT2D eigenvalue weighted by molar-refractivity contribution is 6.31. The minimum absolute atomic E-state index is 0.159. The van der Waals surface area contributed by atoms with Gasteiger partial charge in [-0.15, -0.1) is 0 Å². The van der Waals surface area contributed by atoms with Crippen LogP contribution in [-0.4, -0.2) is 26.4 Å². The maximum atomic E-state index is 12.8. The average Bonchev–Trinajstić information content (AvgIpc) is 2.84. The summed E-state index contributed by atoms with van der Waals surface area (Å²) in [6, 6.07) is 1.22. The van der Waals surface area contributed by atoms with E-state index in [2.05, 4.69) is 10.4 Å². The fraction of sp³-hybridized carbons (Fsp3) is 0.250. The fourth-order valence-corrected chi connectivity index (χ4v) is 2.11. The largest absolute Gasteiger partial charge is 0.418 e. The molecule has 0 aliphatic rings. The van der Waals surface area contributed by atoms with Crippen LogP contribution in [-0.2, 0) is 12.7 Å². The third kappa shape index (κ3) is 3.90. The van der Waals surface area contributed by atoms with E-state index in [-0.39, 0.29) is 18.8 Å². The fourth-order valence-electron chi connectivity index (χ4n) is 1.84. The molecule has 0 unspecified atom stereocenters. The molecule has 1 heterocycles. The first kappa shape index (κ1) is 17.0. The van der Waals surface area contributed by atoms with Crippen LogP contribution < -0.4 is 5.32 Å². The van der Waals surface area contributed by atoms with Gasteiger partial charge in [-0.05, 0) is 6.07 Å². The van der Waals surface area contributed by atoms with Crippen LogP contribution >= 0.6 is 11.6 Å². The standard InChI is InChI=1S/C12H10ClF3N4O3/c13-9-4-10(18-7-5-17-19(6-7)1-2-21)11(20(22)23)3-8(9)12(14,15)16/h3-6,18,21H,1-2H2. The van der Waals surface area contributed by atoms with E-state index in [9.17, 15) is 23.3 Å². The van der Waals surface area contributed by atoms with Crippen molar-refractivity contribution in [2.24, 2.45) is 0 Å². The first-order valence-electron chi connectivity index (χ1n) is 6.18. The van der Waals surface area contributed by atoms with Crippen LogP contribution in [0.2, 0.25) is 5.02 Å². The molecule has 0 aliphatic carbocycles. The molecule has 11 heteroatoms. The summed E-state index contributed by atoms with van der Waals surface area (Å²) in [4.78, 5) is 10.1. The summed E-state index contributed by atoms with van der Waals surface area (Å²) in [5, 5.41) is 25.6. The van der Waals surface area contributed by atoms with Crippen molar-refractivity contribution >= 4 is 28.7 Å². The lowest BCUT2D eigenvalue weighted by Crippen LogP contribution is -2.08. The molecule has 1 aromatic carbocycles. The molecule has 2 N–H and O–H groups in total. The zero-order valence-electron chi connectivity index (χ0n) is 11.3. The number of nitrogens with zero attached hydrogens (tertiary/aromatic N) is 3. The molecule has 2 rings (SSSR count). The minimum atomic E-state index is -4.80. The number of nitro benzene ring substituents is 1. The first-order valence-corrected chi connectivity index (χ1v) is 6.55. The van der Waals surface area contributed by atoms with Gasteiger partial charge in [-0.1, -0.05) is 11.6 Å². The second-order valence-electron chi connectivity index (χ2n) is 4.44. The van der Waals surface area contributed by atoms with Gasteiger partial charge < -0.3 is 10.4 Å². The molecule has 0 aliphatic heterocycles. The molecule has 0 saturated carbocycles. The quantitative estimate of drug-likeness (QED) is 0.638. The van der Waals surface area contributed by atoms with Gasteiger partial charge >= 0.3 is 6.18 Å². The number of hydrogen-bond donors (Lipinski definition) is 2. The van der Waals surface area contributed by atoms with Crippen molar-refractivity contribution in [2.75, 3.05) is 11.9 Å². The number of halogens is 4. The Labute approximate surface area is 132 Å². The number of alkyl halides is 3. The molecule has 0 spiro atoms. The topological polar surface area (TPSA) is 93.2 Å². The van der Waals surface area contributed by atoms with Gasteiger partial charge in [-0.3, -0.25) is 14.8 Å². The number of nitro groups is 1. The summed E-state index contributed by atoms with van der Waals surface area (Å²) in [5.41, 5.74) is -1.95. The molecule has 0 amide bonds. The molecule has 23 heavy (non-hydrogen) atoms. The number of aliphatic hydroxyl groups is 1. The number of nitrogens with one attached hydrogen (secondary N) is 1. The predicted molar refractivity (Wildman–Crippen MR) is 75.7 cm³/mol. The van der Waals surface area contributed by atoms with Gasteiger partial charge in [0.15, 0.2) is 0 Å².